The van der Waals surface area contributed by atoms with Crippen LogP contribution in [-0.2, 0) is 0 Å². The number of amides is 1. The van der Waals surface area contributed by atoms with E-state index in [0.717, 1.165) is 38.8 Å². The Morgan fingerprint density at radius 2 is 1.90 bits per heavy atom. The van der Waals surface area contributed by atoms with Crippen LogP contribution in [0.25, 0.3) is 0 Å². The number of likely N-dealkylation sites (tertiary alicyclic amines) is 1. The molecule has 20 heavy (non-hydrogen) atoms. The zero-order valence-electron chi connectivity index (χ0n) is 12.2. The van der Waals surface area contributed by atoms with E-state index in [4.69, 9.17) is 11.6 Å². The molecule has 1 saturated heterocycles. The maximum absolute atomic E-state index is 12.4. The number of phenolic OH excluding ortho intramolecular Hbond substituents is 1. The molecule has 0 aliphatic carbocycles. The highest BCUT2D eigenvalue weighted by atomic mass is 35.5. The van der Waals surface area contributed by atoms with Crippen LogP contribution in [0, 0.1) is 5.41 Å². The van der Waals surface area contributed by atoms with Gasteiger partial charge in [-0.15, -0.1) is 0 Å². The van der Waals surface area contributed by atoms with Crippen LogP contribution in [0.1, 0.15) is 49.9 Å². The largest absolute Gasteiger partial charge is 0.507 e. The fourth-order valence-corrected chi connectivity index (χ4v) is 3.16. The molecular formula is C16H22ClNO2. The molecule has 1 aliphatic rings. The van der Waals surface area contributed by atoms with Crippen molar-refractivity contribution in [2.45, 2.75) is 39.5 Å². The Bertz CT molecular complexity index is 487. The molecule has 3 nitrogen and oxygen atoms in total. The van der Waals surface area contributed by atoms with Crippen molar-refractivity contribution in [1.29, 1.82) is 0 Å². The predicted octanol–water partition coefficient (Wildman–Crippen LogP) is 4.09. The zero-order valence-corrected chi connectivity index (χ0v) is 12.9. The smallest absolute Gasteiger partial charge is 0.257 e. The molecule has 1 aromatic carbocycles. The molecule has 0 spiro atoms. The summed E-state index contributed by atoms with van der Waals surface area (Å²) in [5.74, 6) is -0.134. The number of benzene rings is 1. The second-order valence-electron chi connectivity index (χ2n) is 5.66. The summed E-state index contributed by atoms with van der Waals surface area (Å²) in [6.45, 7) is 5.99. The molecule has 1 N–H and O–H groups in total. The van der Waals surface area contributed by atoms with Crippen molar-refractivity contribution in [2.75, 3.05) is 13.1 Å². The molecule has 1 aromatic rings. The van der Waals surface area contributed by atoms with Gasteiger partial charge >= 0.3 is 0 Å². The van der Waals surface area contributed by atoms with Gasteiger partial charge in [0.2, 0.25) is 0 Å². The molecule has 0 bridgehead atoms. The monoisotopic (exact) mass is 295 g/mol. The molecule has 0 aromatic heterocycles. The number of hydrogen-bond donors (Lipinski definition) is 1. The number of piperidine rings is 1. The first-order chi connectivity index (χ1) is 9.51. The number of nitrogens with zero attached hydrogens (tertiary/aromatic N) is 1. The van der Waals surface area contributed by atoms with Gasteiger partial charge in [-0.05, 0) is 36.5 Å². The number of phenols is 1. The van der Waals surface area contributed by atoms with Crippen molar-refractivity contribution >= 4 is 17.5 Å². The summed E-state index contributed by atoms with van der Waals surface area (Å²) in [5, 5.41) is 10.3. The number of halogens is 1. The van der Waals surface area contributed by atoms with E-state index in [1.54, 1.807) is 12.1 Å². The summed E-state index contributed by atoms with van der Waals surface area (Å²) in [6, 6.07) is 4.66. The molecule has 110 valence electrons. The fraction of sp³-hybridized carbons (Fsp3) is 0.562. The van der Waals surface area contributed by atoms with Gasteiger partial charge in [0.15, 0.2) is 0 Å². The minimum absolute atomic E-state index is 0.0367. The lowest BCUT2D eigenvalue weighted by atomic mass is 9.74. The Morgan fingerprint density at radius 1 is 1.30 bits per heavy atom. The van der Waals surface area contributed by atoms with Gasteiger partial charge in [-0.2, -0.15) is 0 Å². The molecule has 0 unspecified atom stereocenters. The standard InChI is InChI=1S/C16H22ClNO2/c1-3-16(4-2)7-9-18(10-8-16)15(20)13-6-5-12(17)11-14(13)19/h5-6,11,19H,3-4,7-10H2,1-2H3. The van der Waals surface area contributed by atoms with Crippen molar-refractivity contribution in [3.63, 3.8) is 0 Å². The Hall–Kier alpha value is -1.22. The van der Waals surface area contributed by atoms with Crippen LogP contribution in [0.3, 0.4) is 0 Å². The first kappa shape index (κ1) is 15.2. The van der Waals surface area contributed by atoms with E-state index >= 15 is 0 Å². The van der Waals surface area contributed by atoms with Gasteiger partial charge in [0.25, 0.3) is 5.91 Å². The maximum Gasteiger partial charge on any atom is 0.257 e. The lowest BCUT2D eigenvalue weighted by molar-refractivity contribution is 0.0555. The van der Waals surface area contributed by atoms with E-state index in [9.17, 15) is 9.90 Å². The molecule has 1 fully saturated rings. The highest BCUT2D eigenvalue weighted by Crippen LogP contribution is 2.38. The van der Waals surface area contributed by atoms with E-state index in [0.29, 0.717) is 16.0 Å². The van der Waals surface area contributed by atoms with Gasteiger partial charge in [-0.1, -0.05) is 38.3 Å². The Balaban J connectivity index is 2.09. The quantitative estimate of drug-likeness (QED) is 0.912. The Kier molecular flexibility index (Phi) is 4.59. The molecule has 1 heterocycles. The number of hydrogen-bond acceptors (Lipinski definition) is 2. The second kappa shape index (κ2) is 6.04. The van der Waals surface area contributed by atoms with E-state index in [1.165, 1.54) is 6.07 Å². The summed E-state index contributed by atoms with van der Waals surface area (Å²) < 4.78 is 0. The predicted molar refractivity (Wildman–Crippen MR) is 81.3 cm³/mol. The summed E-state index contributed by atoms with van der Waals surface area (Å²) in [7, 11) is 0. The van der Waals surface area contributed by atoms with Gasteiger partial charge in [0.1, 0.15) is 5.75 Å². The van der Waals surface area contributed by atoms with Crippen molar-refractivity contribution in [2.24, 2.45) is 5.41 Å². The third-order valence-electron chi connectivity index (χ3n) is 4.80. The van der Waals surface area contributed by atoms with Crippen molar-refractivity contribution in [3.8, 4) is 5.75 Å². The number of carbonyl (C=O) groups excluding carboxylic acids is 1. The van der Waals surface area contributed by atoms with Gasteiger partial charge < -0.3 is 10.0 Å². The van der Waals surface area contributed by atoms with Gasteiger partial charge in [-0.3, -0.25) is 4.79 Å². The SMILES string of the molecule is CCC1(CC)CCN(C(=O)c2ccc(Cl)cc2O)CC1. The molecule has 4 heteroatoms. The lowest BCUT2D eigenvalue weighted by Gasteiger charge is -2.41. The van der Waals surface area contributed by atoms with Gasteiger partial charge in [0, 0.05) is 18.1 Å². The fourth-order valence-electron chi connectivity index (χ4n) is 3.00. The normalized spacial score (nSPS) is 18.1. The molecule has 0 atom stereocenters. The lowest BCUT2D eigenvalue weighted by Crippen LogP contribution is -2.42. The molecule has 0 radical (unpaired) electrons. The minimum atomic E-state index is -0.0972. The summed E-state index contributed by atoms with van der Waals surface area (Å²) >= 11 is 5.80. The van der Waals surface area contributed by atoms with E-state index in [-0.39, 0.29) is 11.7 Å². The number of aromatic hydroxyl groups is 1. The zero-order chi connectivity index (χ0) is 14.8. The van der Waals surface area contributed by atoms with E-state index < -0.39 is 0 Å². The summed E-state index contributed by atoms with van der Waals surface area (Å²) in [5.41, 5.74) is 0.730. The molecule has 1 aliphatic heterocycles. The highest BCUT2D eigenvalue weighted by Gasteiger charge is 2.33. The number of carbonyl (C=O) groups is 1. The van der Waals surface area contributed by atoms with Crippen molar-refractivity contribution in [3.05, 3.63) is 28.8 Å². The Labute approximate surface area is 125 Å². The van der Waals surface area contributed by atoms with E-state index in [1.807, 2.05) is 4.90 Å². The summed E-state index contributed by atoms with van der Waals surface area (Å²) in [6.07, 6.45) is 4.41. The highest BCUT2D eigenvalue weighted by molar-refractivity contribution is 6.30. The van der Waals surface area contributed by atoms with Crippen LogP contribution >= 0.6 is 11.6 Å². The Morgan fingerprint density at radius 3 is 2.40 bits per heavy atom. The van der Waals surface area contributed by atoms with Crippen LogP contribution in [0.4, 0.5) is 0 Å². The maximum atomic E-state index is 12.4. The van der Waals surface area contributed by atoms with Crippen LogP contribution in [0.2, 0.25) is 5.02 Å². The first-order valence-electron chi connectivity index (χ1n) is 7.29. The minimum Gasteiger partial charge on any atom is -0.507 e. The van der Waals surface area contributed by atoms with Crippen LogP contribution in [-0.4, -0.2) is 29.0 Å². The third-order valence-corrected chi connectivity index (χ3v) is 5.04. The van der Waals surface area contributed by atoms with Gasteiger partial charge in [-0.25, -0.2) is 0 Å². The third kappa shape index (κ3) is 2.93. The second-order valence-corrected chi connectivity index (χ2v) is 6.10. The van der Waals surface area contributed by atoms with Crippen LogP contribution in [0.15, 0.2) is 18.2 Å². The van der Waals surface area contributed by atoms with E-state index in [2.05, 4.69) is 13.8 Å². The molecule has 1 amide bonds. The molecular weight excluding hydrogens is 274 g/mol. The van der Waals surface area contributed by atoms with Gasteiger partial charge in [0.05, 0.1) is 5.56 Å². The first-order valence-corrected chi connectivity index (χ1v) is 7.67. The molecule has 2 rings (SSSR count). The average molecular weight is 296 g/mol. The number of rotatable bonds is 3. The van der Waals surface area contributed by atoms with Crippen molar-refractivity contribution < 1.29 is 9.90 Å². The molecule has 0 saturated carbocycles. The summed E-state index contributed by atoms with van der Waals surface area (Å²) in [4.78, 5) is 14.3. The van der Waals surface area contributed by atoms with Crippen LogP contribution in [0.5, 0.6) is 5.75 Å². The average Bonchev–Trinajstić information content (AvgIpc) is 2.47. The van der Waals surface area contributed by atoms with Crippen LogP contribution < -0.4 is 0 Å². The topological polar surface area (TPSA) is 40.5 Å². The van der Waals surface area contributed by atoms with Crippen molar-refractivity contribution in [1.82, 2.24) is 4.90 Å².